The normalized spacial score (nSPS) is 20.2. The minimum atomic E-state index is -0.673. The minimum Gasteiger partial charge on any atom is -0.395 e. The maximum Gasteiger partial charge on any atom is 0.127 e. The van der Waals surface area contributed by atoms with Gasteiger partial charge in [0.2, 0.25) is 0 Å². The number of hydrogen-bond acceptors (Lipinski definition) is 3. The van der Waals surface area contributed by atoms with Gasteiger partial charge in [0.15, 0.2) is 0 Å². The standard InChI is InChI=1S/C15H22FNO2/c16-14-4-2-1-3-13(14)15(10-17,11-18)9-12-5-7-19-8-6-12/h1-4,12,18H,5-11,17H2. The van der Waals surface area contributed by atoms with Crippen LogP contribution in [-0.4, -0.2) is 31.5 Å². The molecule has 4 heteroatoms. The van der Waals surface area contributed by atoms with Crippen LogP contribution >= 0.6 is 0 Å². The summed E-state index contributed by atoms with van der Waals surface area (Å²) in [6.07, 6.45) is 2.62. The van der Waals surface area contributed by atoms with Crippen molar-refractivity contribution in [3.05, 3.63) is 35.6 Å². The predicted octanol–water partition coefficient (Wildman–Crippen LogP) is 1.83. The maximum atomic E-state index is 14.0. The molecule has 1 saturated heterocycles. The van der Waals surface area contributed by atoms with E-state index in [1.54, 1.807) is 18.2 Å². The number of hydrogen-bond donors (Lipinski definition) is 2. The Morgan fingerprint density at radius 1 is 1.32 bits per heavy atom. The van der Waals surface area contributed by atoms with E-state index >= 15 is 0 Å². The zero-order valence-corrected chi connectivity index (χ0v) is 11.1. The number of ether oxygens (including phenoxy) is 1. The molecular weight excluding hydrogens is 245 g/mol. The highest BCUT2D eigenvalue weighted by Gasteiger charge is 2.35. The SMILES string of the molecule is NCC(CO)(CC1CCOCC1)c1ccccc1F. The third-order valence-electron chi connectivity index (χ3n) is 4.16. The van der Waals surface area contributed by atoms with Crippen LogP contribution in [0, 0.1) is 11.7 Å². The van der Waals surface area contributed by atoms with E-state index in [1.807, 2.05) is 0 Å². The Balaban J connectivity index is 2.23. The third kappa shape index (κ3) is 3.14. The number of rotatable bonds is 5. The highest BCUT2D eigenvalue weighted by atomic mass is 19.1. The third-order valence-corrected chi connectivity index (χ3v) is 4.16. The Bertz CT molecular complexity index is 401. The fourth-order valence-corrected chi connectivity index (χ4v) is 2.91. The van der Waals surface area contributed by atoms with Crippen LogP contribution in [-0.2, 0) is 10.2 Å². The van der Waals surface area contributed by atoms with Crippen molar-refractivity contribution in [3.63, 3.8) is 0 Å². The molecule has 0 bridgehead atoms. The number of aliphatic hydroxyl groups excluding tert-OH is 1. The van der Waals surface area contributed by atoms with Crippen molar-refractivity contribution in [1.29, 1.82) is 0 Å². The molecule has 0 aromatic heterocycles. The largest absolute Gasteiger partial charge is 0.395 e. The summed E-state index contributed by atoms with van der Waals surface area (Å²) in [5.74, 6) is 0.151. The quantitative estimate of drug-likeness (QED) is 0.855. The number of halogens is 1. The fourth-order valence-electron chi connectivity index (χ4n) is 2.91. The van der Waals surface area contributed by atoms with Crippen LogP contribution in [0.3, 0.4) is 0 Å². The first kappa shape index (κ1) is 14.4. The average molecular weight is 267 g/mol. The molecule has 1 aliphatic rings. The summed E-state index contributed by atoms with van der Waals surface area (Å²) < 4.78 is 19.4. The average Bonchev–Trinajstić information content (AvgIpc) is 2.47. The molecule has 1 atom stereocenters. The van der Waals surface area contributed by atoms with Crippen molar-refractivity contribution in [2.45, 2.75) is 24.7 Å². The van der Waals surface area contributed by atoms with Crippen LogP contribution in [0.5, 0.6) is 0 Å². The monoisotopic (exact) mass is 267 g/mol. The van der Waals surface area contributed by atoms with Crippen LogP contribution in [0.25, 0.3) is 0 Å². The van der Waals surface area contributed by atoms with E-state index in [0.29, 0.717) is 17.9 Å². The van der Waals surface area contributed by atoms with E-state index < -0.39 is 5.41 Å². The van der Waals surface area contributed by atoms with Crippen LogP contribution in [0.1, 0.15) is 24.8 Å². The first-order valence-electron chi connectivity index (χ1n) is 6.85. The highest BCUT2D eigenvalue weighted by molar-refractivity contribution is 5.28. The van der Waals surface area contributed by atoms with Gasteiger partial charge in [0.05, 0.1) is 6.61 Å². The summed E-state index contributed by atoms with van der Waals surface area (Å²) in [4.78, 5) is 0. The molecule has 1 heterocycles. The molecule has 19 heavy (non-hydrogen) atoms. The molecule has 1 aliphatic heterocycles. The van der Waals surface area contributed by atoms with Crippen molar-refractivity contribution < 1.29 is 14.2 Å². The fraction of sp³-hybridized carbons (Fsp3) is 0.600. The van der Waals surface area contributed by atoms with E-state index in [0.717, 1.165) is 26.1 Å². The molecule has 0 saturated carbocycles. The van der Waals surface area contributed by atoms with Crippen molar-refractivity contribution in [2.75, 3.05) is 26.4 Å². The molecule has 0 spiro atoms. The van der Waals surface area contributed by atoms with Gasteiger partial charge in [-0.3, -0.25) is 0 Å². The Kier molecular flexibility index (Phi) is 4.91. The van der Waals surface area contributed by atoms with Gasteiger partial charge in [-0.15, -0.1) is 0 Å². The van der Waals surface area contributed by atoms with Crippen LogP contribution in [0.15, 0.2) is 24.3 Å². The van der Waals surface area contributed by atoms with Gasteiger partial charge in [-0.2, -0.15) is 0 Å². The van der Waals surface area contributed by atoms with Gasteiger partial charge in [0, 0.05) is 25.2 Å². The van der Waals surface area contributed by atoms with Crippen molar-refractivity contribution >= 4 is 0 Å². The summed E-state index contributed by atoms with van der Waals surface area (Å²) in [5.41, 5.74) is 5.74. The van der Waals surface area contributed by atoms with Gasteiger partial charge in [0.1, 0.15) is 5.82 Å². The summed E-state index contributed by atoms with van der Waals surface area (Å²) in [5, 5.41) is 9.81. The van der Waals surface area contributed by atoms with Crippen LogP contribution in [0.2, 0.25) is 0 Å². The van der Waals surface area contributed by atoms with Crippen molar-refractivity contribution in [1.82, 2.24) is 0 Å². The van der Waals surface area contributed by atoms with Crippen molar-refractivity contribution in [2.24, 2.45) is 11.7 Å². The molecule has 0 aliphatic carbocycles. The molecule has 0 amide bonds. The topological polar surface area (TPSA) is 55.5 Å². The summed E-state index contributed by atoms with van der Waals surface area (Å²) in [7, 11) is 0. The van der Waals surface area contributed by atoms with E-state index in [-0.39, 0.29) is 19.0 Å². The molecule has 0 radical (unpaired) electrons. The second-order valence-corrected chi connectivity index (χ2v) is 5.38. The molecule has 106 valence electrons. The zero-order valence-electron chi connectivity index (χ0n) is 11.1. The molecule has 1 aromatic carbocycles. The van der Waals surface area contributed by atoms with Gasteiger partial charge in [-0.1, -0.05) is 18.2 Å². The lowest BCUT2D eigenvalue weighted by Crippen LogP contribution is -2.42. The van der Waals surface area contributed by atoms with Crippen LogP contribution < -0.4 is 5.73 Å². The van der Waals surface area contributed by atoms with Gasteiger partial charge >= 0.3 is 0 Å². The molecule has 1 unspecified atom stereocenters. The molecule has 1 aromatic rings. The van der Waals surface area contributed by atoms with Gasteiger partial charge in [0.25, 0.3) is 0 Å². The van der Waals surface area contributed by atoms with Crippen LogP contribution in [0.4, 0.5) is 4.39 Å². The lowest BCUT2D eigenvalue weighted by atomic mass is 9.72. The van der Waals surface area contributed by atoms with Crippen molar-refractivity contribution in [3.8, 4) is 0 Å². The van der Waals surface area contributed by atoms with E-state index in [1.165, 1.54) is 6.07 Å². The van der Waals surface area contributed by atoms with E-state index in [2.05, 4.69) is 0 Å². The molecule has 3 N–H and O–H groups in total. The Morgan fingerprint density at radius 3 is 2.58 bits per heavy atom. The lowest BCUT2D eigenvalue weighted by Gasteiger charge is -2.36. The number of nitrogens with two attached hydrogens (primary N) is 1. The molecule has 2 rings (SSSR count). The highest BCUT2D eigenvalue weighted by Crippen LogP contribution is 2.35. The Hall–Kier alpha value is -0.970. The van der Waals surface area contributed by atoms with Gasteiger partial charge in [-0.25, -0.2) is 4.39 Å². The van der Waals surface area contributed by atoms with Gasteiger partial charge in [-0.05, 0) is 36.8 Å². The summed E-state index contributed by atoms with van der Waals surface area (Å²) in [6.45, 7) is 1.62. The molecular formula is C15H22FNO2. The summed E-state index contributed by atoms with van der Waals surface area (Å²) >= 11 is 0. The smallest absolute Gasteiger partial charge is 0.127 e. The summed E-state index contributed by atoms with van der Waals surface area (Å²) in [6, 6.07) is 6.62. The number of benzene rings is 1. The predicted molar refractivity (Wildman–Crippen MR) is 72.4 cm³/mol. The second-order valence-electron chi connectivity index (χ2n) is 5.38. The van der Waals surface area contributed by atoms with E-state index in [4.69, 9.17) is 10.5 Å². The Labute approximate surface area is 113 Å². The lowest BCUT2D eigenvalue weighted by molar-refractivity contribution is 0.0489. The first-order chi connectivity index (χ1) is 9.22. The van der Waals surface area contributed by atoms with Gasteiger partial charge < -0.3 is 15.6 Å². The zero-order chi connectivity index (χ0) is 13.7. The minimum absolute atomic E-state index is 0.123. The van der Waals surface area contributed by atoms with E-state index in [9.17, 15) is 9.50 Å². The Morgan fingerprint density at radius 2 is 2.00 bits per heavy atom. The first-order valence-corrected chi connectivity index (χ1v) is 6.85. The number of aliphatic hydroxyl groups is 1. The maximum absolute atomic E-state index is 14.0. The molecule has 1 fully saturated rings. The second kappa shape index (κ2) is 6.46. The molecule has 3 nitrogen and oxygen atoms in total.